The molecule has 0 aromatic heterocycles. The average Bonchev–Trinajstić information content (AvgIpc) is 2.93. The number of halogens is 1. The first kappa shape index (κ1) is 13.4. The van der Waals surface area contributed by atoms with Gasteiger partial charge in [-0.05, 0) is 29.7 Å². The third kappa shape index (κ3) is 2.78. The van der Waals surface area contributed by atoms with Gasteiger partial charge in [0.15, 0.2) is 5.78 Å². The summed E-state index contributed by atoms with van der Waals surface area (Å²) in [5, 5.41) is 0. The van der Waals surface area contributed by atoms with E-state index in [4.69, 9.17) is 4.74 Å². The molecule has 1 aliphatic rings. The quantitative estimate of drug-likeness (QED) is 0.785. The lowest BCUT2D eigenvalue weighted by Crippen LogP contribution is -2.02. The Kier molecular flexibility index (Phi) is 3.88. The van der Waals surface area contributed by atoms with Gasteiger partial charge in [0, 0.05) is 22.9 Å². The van der Waals surface area contributed by atoms with E-state index >= 15 is 0 Å². The summed E-state index contributed by atoms with van der Waals surface area (Å²) >= 11 is 3.53. The number of Topliss-reactive ketones (excluding diaryl/α,β-unsaturated/α-hetero) is 1. The fourth-order valence-corrected chi connectivity index (χ4v) is 3.10. The molecular formula is C17H15BrO2. The molecule has 0 fully saturated rings. The molecule has 0 spiro atoms. The summed E-state index contributed by atoms with van der Waals surface area (Å²) < 4.78 is 6.75. The molecule has 0 amide bonds. The van der Waals surface area contributed by atoms with Crippen LogP contribution in [-0.4, -0.2) is 12.4 Å². The Labute approximate surface area is 126 Å². The van der Waals surface area contributed by atoms with Crippen LogP contribution in [0.3, 0.4) is 0 Å². The Morgan fingerprint density at radius 2 is 2.00 bits per heavy atom. The van der Waals surface area contributed by atoms with Gasteiger partial charge in [0.1, 0.15) is 5.75 Å². The highest BCUT2D eigenvalue weighted by Gasteiger charge is 2.18. The normalized spacial score (nSPS) is 12.8. The zero-order chi connectivity index (χ0) is 13.9. The zero-order valence-corrected chi connectivity index (χ0v) is 12.7. The molecule has 1 heterocycles. The molecule has 2 aromatic rings. The summed E-state index contributed by atoms with van der Waals surface area (Å²) in [6.07, 6.45) is 2.18. The third-order valence-electron chi connectivity index (χ3n) is 3.54. The van der Waals surface area contributed by atoms with Crippen LogP contribution in [0.4, 0.5) is 0 Å². The lowest BCUT2D eigenvalue weighted by Gasteiger charge is -2.08. The Hall–Kier alpha value is -1.61. The maximum absolute atomic E-state index is 12.2. The number of fused-ring (bicyclic) bond motifs is 1. The number of benzene rings is 2. The Morgan fingerprint density at radius 1 is 1.20 bits per heavy atom. The maximum Gasteiger partial charge on any atom is 0.163 e. The van der Waals surface area contributed by atoms with Gasteiger partial charge in [0.05, 0.1) is 6.61 Å². The van der Waals surface area contributed by atoms with Crippen LogP contribution in [0.2, 0.25) is 0 Å². The van der Waals surface area contributed by atoms with Crippen molar-refractivity contribution in [1.82, 2.24) is 0 Å². The van der Waals surface area contributed by atoms with Gasteiger partial charge < -0.3 is 4.74 Å². The lowest BCUT2D eigenvalue weighted by atomic mass is 10.0. The second-order valence-corrected chi connectivity index (χ2v) is 5.86. The van der Waals surface area contributed by atoms with Gasteiger partial charge in [-0.1, -0.05) is 46.3 Å². The van der Waals surface area contributed by atoms with Crippen LogP contribution in [0.15, 0.2) is 46.9 Å². The molecule has 3 rings (SSSR count). The van der Waals surface area contributed by atoms with Crippen molar-refractivity contribution in [2.45, 2.75) is 19.3 Å². The summed E-state index contributed by atoms with van der Waals surface area (Å²) in [5.74, 6) is 1.16. The van der Waals surface area contributed by atoms with E-state index in [9.17, 15) is 4.79 Å². The van der Waals surface area contributed by atoms with E-state index in [0.29, 0.717) is 6.42 Å². The SMILES string of the molecule is O=C(CCc1cc(Br)cc2c1OCC2)c1ccccc1. The van der Waals surface area contributed by atoms with E-state index in [-0.39, 0.29) is 5.78 Å². The second kappa shape index (κ2) is 5.80. The monoisotopic (exact) mass is 330 g/mol. The molecule has 102 valence electrons. The van der Waals surface area contributed by atoms with E-state index in [1.165, 1.54) is 5.56 Å². The summed E-state index contributed by atoms with van der Waals surface area (Å²) in [4.78, 5) is 12.2. The molecule has 20 heavy (non-hydrogen) atoms. The highest BCUT2D eigenvalue weighted by Crippen LogP contribution is 2.33. The molecule has 0 bridgehead atoms. The smallest absolute Gasteiger partial charge is 0.163 e. The van der Waals surface area contributed by atoms with Crippen molar-refractivity contribution in [3.05, 3.63) is 63.6 Å². The van der Waals surface area contributed by atoms with Gasteiger partial charge in [0.25, 0.3) is 0 Å². The van der Waals surface area contributed by atoms with E-state index < -0.39 is 0 Å². The van der Waals surface area contributed by atoms with Gasteiger partial charge in [-0.2, -0.15) is 0 Å². The number of rotatable bonds is 4. The summed E-state index contributed by atoms with van der Waals surface area (Å²) in [7, 11) is 0. The summed E-state index contributed by atoms with van der Waals surface area (Å²) in [5.41, 5.74) is 3.14. The molecule has 0 atom stereocenters. The standard InChI is InChI=1S/C17H15BrO2/c18-15-10-13(17-14(11-15)8-9-20-17)6-7-16(19)12-4-2-1-3-5-12/h1-5,10-11H,6-9H2. The van der Waals surface area contributed by atoms with Gasteiger partial charge in [-0.25, -0.2) is 0 Å². The fourth-order valence-electron chi connectivity index (χ4n) is 2.55. The van der Waals surface area contributed by atoms with E-state index in [2.05, 4.69) is 28.1 Å². The molecule has 0 aliphatic carbocycles. The largest absolute Gasteiger partial charge is 0.493 e. The van der Waals surface area contributed by atoms with Crippen molar-refractivity contribution >= 4 is 21.7 Å². The number of ether oxygens (including phenoxy) is 1. The van der Waals surface area contributed by atoms with Gasteiger partial charge >= 0.3 is 0 Å². The van der Waals surface area contributed by atoms with Crippen LogP contribution in [0, 0.1) is 0 Å². The second-order valence-electron chi connectivity index (χ2n) is 4.94. The number of hydrogen-bond acceptors (Lipinski definition) is 2. The first-order valence-electron chi connectivity index (χ1n) is 6.76. The van der Waals surface area contributed by atoms with E-state index in [0.717, 1.165) is 40.8 Å². The minimum Gasteiger partial charge on any atom is -0.493 e. The Balaban J connectivity index is 1.75. The number of hydrogen-bond donors (Lipinski definition) is 0. The number of carbonyl (C=O) groups is 1. The highest BCUT2D eigenvalue weighted by molar-refractivity contribution is 9.10. The van der Waals surface area contributed by atoms with Gasteiger partial charge in [0.2, 0.25) is 0 Å². The minimum absolute atomic E-state index is 0.178. The topological polar surface area (TPSA) is 26.3 Å². The molecule has 0 radical (unpaired) electrons. The van der Waals surface area contributed by atoms with E-state index in [1.807, 2.05) is 30.3 Å². The summed E-state index contributed by atoms with van der Waals surface area (Å²) in [6, 6.07) is 13.6. The Bertz CT molecular complexity index is 635. The molecule has 0 saturated carbocycles. The van der Waals surface area contributed by atoms with Crippen LogP contribution >= 0.6 is 15.9 Å². The van der Waals surface area contributed by atoms with Crippen molar-refractivity contribution in [2.75, 3.05) is 6.61 Å². The molecule has 1 aliphatic heterocycles. The molecule has 0 N–H and O–H groups in total. The van der Waals surface area contributed by atoms with Gasteiger partial charge in [-0.3, -0.25) is 4.79 Å². The number of ketones is 1. The van der Waals surface area contributed by atoms with Crippen molar-refractivity contribution in [3.8, 4) is 5.75 Å². The van der Waals surface area contributed by atoms with E-state index in [1.54, 1.807) is 0 Å². The highest BCUT2D eigenvalue weighted by atomic mass is 79.9. The van der Waals surface area contributed by atoms with Crippen LogP contribution < -0.4 is 4.74 Å². The molecule has 0 saturated heterocycles. The maximum atomic E-state index is 12.2. The first-order valence-corrected chi connectivity index (χ1v) is 7.55. The lowest BCUT2D eigenvalue weighted by molar-refractivity contribution is 0.0982. The molecule has 0 unspecified atom stereocenters. The van der Waals surface area contributed by atoms with Crippen molar-refractivity contribution in [3.63, 3.8) is 0 Å². The molecular weight excluding hydrogens is 316 g/mol. The Morgan fingerprint density at radius 3 is 2.80 bits per heavy atom. The predicted molar refractivity (Wildman–Crippen MR) is 82.4 cm³/mol. The molecule has 2 nitrogen and oxygen atoms in total. The average molecular weight is 331 g/mol. The van der Waals surface area contributed by atoms with Crippen molar-refractivity contribution in [1.29, 1.82) is 0 Å². The molecule has 3 heteroatoms. The molecule has 2 aromatic carbocycles. The fraction of sp³-hybridized carbons (Fsp3) is 0.235. The first-order chi connectivity index (χ1) is 9.74. The predicted octanol–water partition coefficient (Wildman–Crippen LogP) is 4.20. The van der Waals surface area contributed by atoms with Crippen molar-refractivity contribution < 1.29 is 9.53 Å². The third-order valence-corrected chi connectivity index (χ3v) is 4.00. The number of aryl methyl sites for hydroxylation is 1. The van der Waals surface area contributed by atoms with Crippen LogP contribution in [-0.2, 0) is 12.8 Å². The number of carbonyl (C=O) groups excluding carboxylic acids is 1. The summed E-state index contributed by atoms with van der Waals surface area (Å²) in [6.45, 7) is 0.741. The minimum atomic E-state index is 0.178. The van der Waals surface area contributed by atoms with Crippen molar-refractivity contribution in [2.24, 2.45) is 0 Å². The van der Waals surface area contributed by atoms with Crippen LogP contribution in [0.5, 0.6) is 5.75 Å². The van der Waals surface area contributed by atoms with Gasteiger partial charge in [-0.15, -0.1) is 0 Å². The zero-order valence-electron chi connectivity index (χ0n) is 11.1. The van der Waals surface area contributed by atoms with Crippen LogP contribution in [0.25, 0.3) is 0 Å². The van der Waals surface area contributed by atoms with Crippen LogP contribution in [0.1, 0.15) is 27.9 Å².